The van der Waals surface area contributed by atoms with Crippen LogP contribution in [0.2, 0.25) is 0 Å². The third-order valence-corrected chi connectivity index (χ3v) is 5.62. The summed E-state index contributed by atoms with van der Waals surface area (Å²) in [6, 6.07) is 9.15. The molecule has 8 nitrogen and oxygen atoms in total. The second kappa shape index (κ2) is 8.50. The summed E-state index contributed by atoms with van der Waals surface area (Å²) >= 11 is 3.47. The highest BCUT2D eigenvalue weighted by Crippen LogP contribution is 2.36. The van der Waals surface area contributed by atoms with Crippen molar-refractivity contribution in [2.24, 2.45) is 0 Å². The van der Waals surface area contributed by atoms with Crippen molar-refractivity contribution < 1.29 is 14.3 Å². The number of hydrogen-bond acceptors (Lipinski definition) is 5. The van der Waals surface area contributed by atoms with Gasteiger partial charge in [0, 0.05) is 15.7 Å². The van der Waals surface area contributed by atoms with Crippen LogP contribution < -0.4 is 15.4 Å². The number of aryl methyl sites for hydroxylation is 3. The molecule has 1 aliphatic rings. The number of hydrogen-bond donors (Lipinski definition) is 2. The molecule has 3 aromatic rings. The van der Waals surface area contributed by atoms with Crippen molar-refractivity contribution in [3.8, 4) is 5.75 Å². The highest BCUT2D eigenvalue weighted by molar-refractivity contribution is 9.10. The number of anilines is 2. The first-order valence-electron chi connectivity index (χ1n) is 9.81. The molecule has 2 heterocycles. The van der Waals surface area contributed by atoms with E-state index in [-0.39, 0.29) is 30.9 Å². The van der Waals surface area contributed by atoms with Crippen LogP contribution in [0.1, 0.15) is 34.7 Å². The third kappa shape index (κ3) is 4.46. The lowest BCUT2D eigenvalue weighted by molar-refractivity contribution is -0.118. The topological polar surface area (TPSA) is 98.1 Å². The monoisotopic (exact) mass is 483 g/mol. The number of carbonyl (C=O) groups excluding carboxylic acids is 2. The Balaban J connectivity index is 1.54. The highest BCUT2D eigenvalue weighted by Gasteiger charge is 2.30. The molecule has 9 heteroatoms. The Hall–Kier alpha value is -3.20. The Labute approximate surface area is 188 Å². The van der Waals surface area contributed by atoms with Crippen LogP contribution in [0.25, 0.3) is 0 Å². The molecule has 0 saturated heterocycles. The SMILES string of the molecule is Cc1cc(C)c(NC(=O)COc2ccc(Br)cc2[C@H]2CC(=O)Nc3ncnn32)c(C)c1. The maximum Gasteiger partial charge on any atom is 0.262 e. The number of aromatic nitrogens is 3. The van der Waals surface area contributed by atoms with E-state index in [9.17, 15) is 9.59 Å². The molecule has 4 rings (SSSR count). The van der Waals surface area contributed by atoms with Crippen LogP contribution in [0.5, 0.6) is 5.75 Å². The van der Waals surface area contributed by atoms with Crippen molar-refractivity contribution >= 4 is 39.4 Å². The molecule has 0 spiro atoms. The van der Waals surface area contributed by atoms with Crippen molar-refractivity contribution in [1.82, 2.24) is 14.8 Å². The number of halogens is 1. The Kier molecular flexibility index (Phi) is 5.77. The van der Waals surface area contributed by atoms with Gasteiger partial charge in [-0.1, -0.05) is 33.6 Å². The molecule has 0 unspecified atom stereocenters. The van der Waals surface area contributed by atoms with Crippen molar-refractivity contribution in [3.63, 3.8) is 0 Å². The van der Waals surface area contributed by atoms with Crippen molar-refractivity contribution in [2.45, 2.75) is 33.2 Å². The number of nitrogens with zero attached hydrogens (tertiary/aromatic N) is 3. The van der Waals surface area contributed by atoms with Crippen LogP contribution in [-0.4, -0.2) is 33.2 Å². The number of fused-ring (bicyclic) bond motifs is 1. The predicted molar refractivity (Wildman–Crippen MR) is 120 cm³/mol. The Morgan fingerprint density at radius 2 is 2.00 bits per heavy atom. The fourth-order valence-corrected chi connectivity index (χ4v) is 4.23. The highest BCUT2D eigenvalue weighted by atomic mass is 79.9. The van der Waals surface area contributed by atoms with Gasteiger partial charge in [-0.15, -0.1) is 0 Å². The van der Waals surface area contributed by atoms with E-state index in [0.717, 1.165) is 32.4 Å². The third-order valence-electron chi connectivity index (χ3n) is 5.13. The smallest absolute Gasteiger partial charge is 0.262 e. The zero-order valence-corrected chi connectivity index (χ0v) is 19.0. The zero-order chi connectivity index (χ0) is 22.1. The normalized spacial score (nSPS) is 15.2. The lowest BCUT2D eigenvalue weighted by Gasteiger charge is -2.25. The maximum absolute atomic E-state index is 12.6. The van der Waals surface area contributed by atoms with Gasteiger partial charge in [0.05, 0.1) is 12.5 Å². The molecule has 1 aromatic heterocycles. The van der Waals surface area contributed by atoms with Gasteiger partial charge in [-0.2, -0.15) is 10.1 Å². The summed E-state index contributed by atoms with van der Waals surface area (Å²) in [6.45, 7) is 5.79. The van der Waals surface area contributed by atoms with Crippen LogP contribution in [-0.2, 0) is 9.59 Å². The molecular weight excluding hydrogens is 462 g/mol. The predicted octanol–water partition coefficient (Wildman–Crippen LogP) is 3.91. The molecule has 1 aliphatic heterocycles. The number of rotatable bonds is 5. The largest absolute Gasteiger partial charge is 0.483 e. The maximum atomic E-state index is 12.6. The van der Waals surface area contributed by atoms with Gasteiger partial charge in [0.15, 0.2) is 6.61 Å². The standard InChI is InChI=1S/C22H22BrN5O3/c1-12-6-13(2)21(14(3)7-12)26-20(30)10-31-18-5-4-15(23)8-16(18)17-9-19(29)27-22-24-11-25-28(17)22/h4-8,11,17H,9-10H2,1-3H3,(H,26,30)(H,24,25,27,29)/t17-/m1/s1. The van der Waals surface area contributed by atoms with E-state index >= 15 is 0 Å². The fourth-order valence-electron chi connectivity index (χ4n) is 3.85. The Bertz CT molecular complexity index is 1150. The molecule has 0 bridgehead atoms. The first kappa shape index (κ1) is 21.0. The molecule has 0 radical (unpaired) electrons. The molecule has 0 saturated carbocycles. The van der Waals surface area contributed by atoms with E-state index < -0.39 is 0 Å². The van der Waals surface area contributed by atoms with Crippen LogP contribution in [0.15, 0.2) is 41.1 Å². The molecule has 2 amide bonds. The van der Waals surface area contributed by atoms with Gasteiger partial charge in [-0.05, 0) is 50.1 Å². The van der Waals surface area contributed by atoms with E-state index in [1.807, 2.05) is 45.0 Å². The number of amides is 2. The first-order valence-corrected chi connectivity index (χ1v) is 10.6. The van der Waals surface area contributed by atoms with Crippen molar-refractivity contribution in [3.05, 3.63) is 63.4 Å². The summed E-state index contributed by atoms with van der Waals surface area (Å²) in [6.07, 6.45) is 1.59. The average Bonchev–Trinajstić information content (AvgIpc) is 3.17. The average molecular weight is 484 g/mol. The van der Waals surface area contributed by atoms with E-state index in [2.05, 4.69) is 36.6 Å². The van der Waals surface area contributed by atoms with E-state index in [1.54, 1.807) is 10.7 Å². The van der Waals surface area contributed by atoms with Gasteiger partial charge in [0.1, 0.15) is 12.1 Å². The molecule has 1 atom stereocenters. The lowest BCUT2D eigenvalue weighted by atomic mass is 10.0. The molecule has 2 aromatic carbocycles. The minimum absolute atomic E-state index is 0.153. The van der Waals surface area contributed by atoms with Crippen LogP contribution in [0.4, 0.5) is 11.6 Å². The van der Waals surface area contributed by atoms with Gasteiger partial charge in [0.25, 0.3) is 5.91 Å². The second-order valence-corrected chi connectivity index (χ2v) is 8.50. The number of carbonyl (C=O) groups is 2. The van der Waals surface area contributed by atoms with E-state index in [0.29, 0.717) is 11.7 Å². The first-order chi connectivity index (χ1) is 14.8. The fraction of sp³-hybridized carbons (Fsp3) is 0.273. The Morgan fingerprint density at radius 3 is 2.74 bits per heavy atom. The quantitative estimate of drug-likeness (QED) is 0.572. The second-order valence-electron chi connectivity index (χ2n) is 7.59. The summed E-state index contributed by atoms with van der Waals surface area (Å²) in [5, 5.41) is 9.88. The minimum Gasteiger partial charge on any atom is -0.483 e. The van der Waals surface area contributed by atoms with Crippen molar-refractivity contribution in [2.75, 3.05) is 17.2 Å². The van der Waals surface area contributed by atoms with E-state index in [4.69, 9.17) is 4.74 Å². The van der Waals surface area contributed by atoms with Gasteiger partial charge in [-0.25, -0.2) is 4.68 Å². The van der Waals surface area contributed by atoms with Gasteiger partial charge >= 0.3 is 0 Å². The molecule has 160 valence electrons. The van der Waals surface area contributed by atoms with Crippen LogP contribution >= 0.6 is 15.9 Å². The number of ether oxygens (including phenoxy) is 1. The van der Waals surface area contributed by atoms with E-state index in [1.165, 1.54) is 6.33 Å². The summed E-state index contributed by atoms with van der Waals surface area (Å²) in [5.74, 6) is 0.485. The van der Waals surface area contributed by atoms with Gasteiger partial charge < -0.3 is 10.1 Å². The lowest BCUT2D eigenvalue weighted by Crippen LogP contribution is -2.30. The summed E-state index contributed by atoms with van der Waals surface area (Å²) in [4.78, 5) is 28.8. The molecular formula is C22H22BrN5O3. The molecule has 0 fully saturated rings. The number of benzene rings is 2. The molecule has 0 aliphatic carbocycles. The summed E-state index contributed by atoms with van der Waals surface area (Å²) < 4.78 is 8.36. The van der Waals surface area contributed by atoms with Crippen molar-refractivity contribution in [1.29, 1.82) is 0 Å². The summed E-state index contributed by atoms with van der Waals surface area (Å²) in [5.41, 5.74) is 4.69. The van der Waals surface area contributed by atoms with Gasteiger partial charge in [0.2, 0.25) is 11.9 Å². The zero-order valence-electron chi connectivity index (χ0n) is 17.4. The summed E-state index contributed by atoms with van der Waals surface area (Å²) in [7, 11) is 0. The van der Waals surface area contributed by atoms with Crippen LogP contribution in [0.3, 0.4) is 0 Å². The molecule has 2 N–H and O–H groups in total. The Morgan fingerprint density at radius 1 is 1.26 bits per heavy atom. The van der Waals surface area contributed by atoms with Crippen LogP contribution in [0, 0.1) is 20.8 Å². The molecule has 31 heavy (non-hydrogen) atoms. The van der Waals surface area contributed by atoms with Gasteiger partial charge in [-0.3, -0.25) is 14.9 Å². The minimum atomic E-state index is -0.386. The number of nitrogens with one attached hydrogen (secondary N) is 2.